The van der Waals surface area contributed by atoms with Gasteiger partial charge in [0, 0.05) is 18.8 Å². The van der Waals surface area contributed by atoms with Crippen molar-refractivity contribution >= 4 is 11.5 Å². The Hall–Kier alpha value is -2.74. The molecule has 0 radical (unpaired) electrons. The minimum Gasteiger partial charge on any atom is -0.491 e. The summed E-state index contributed by atoms with van der Waals surface area (Å²) in [5, 5.41) is 6.78. The molecule has 3 aromatic rings. The van der Waals surface area contributed by atoms with Gasteiger partial charge in [0.15, 0.2) is 17.4 Å². The van der Waals surface area contributed by atoms with E-state index in [1.807, 2.05) is 0 Å². The van der Waals surface area contributed by atoms with E-state index in [0.717, 1.165) is 25.9 Å². The van der Waals surface area contributed by atoms with Gasteiger partial charge in [0.1, 0.15) is 17.2 Å². The number of rotatable bonds is 4. The summed E-state index contributed by atoms with van der Waals surface area (Å²) in [6, 6.07) is 3.28. The normalized spacial score (nSPS) is 17.6. The quantitative estimate of drug-likeness (QED) is 0.756. The van der Waals surface area contributed by atoms with Crippen LogP contribution in [-0.2, 0) is 0 Å². The van der Waals surface area contributed by atoms with Gasteiger partial charge in [-0.1, -0.05) is 0 Å². The van der Waals surface area contributed by atoms with Crippen LogP contribution in [0, 0.1) is 5.82 Å². The molecular weight excluding hydrogens is 323 g/mol. The highest BCUT2D eigenvalue weighted by atomic mass is 19.1. The van der Waals surface area contributed by atoms with Gasteiger partial charge in [0.25, 0.3) is 0 Å². The minimum absolute atomic E-state index is 0.282. The largest absolute Gasteiger partial charge is 0.491 e. The predicted octanol–water partition coefficient (Wildman–Crippen LogP) is 2.10. The Morgan fingerprint density at radius 1 is 1.32 bits per heavy atom. The van der Waals surface area contributed by atoms with Gasteiger partial charge in [0.05, 0.1) is 19.5 Å². The Balaban J connectivity index is 1.72. The number of halogens is 1. The summed E-state index contributed by atoms with van der Waals surface area (Å²) in [4.78, 5) is 13.2. The van der Waals surface area contributed by atoms with Crippen molar-refractivity contribution in [2.75, 3.05) is 25.5 Å². The molecule has 0 aliphatic carbocycles. The number of aromatic nitrogens is 4. The Morgan fingerprint density at radius 3 is 3.04 bits per heavy atom. The van der Waals surface area contributed by atoms with Crippen molar-refractivity contribution < 1.29 is 9.13 Å². The topological polar surface area (TPSA) is 76.4 Å². The van der Waals surface area contributed by atoms with Crippen molar-refractivity contribution in [3.8, 4) is 17.3 Å². The SMILES string of the molecule is COc1cnc(-c2cnc3ccc(F)cn23)nc1N[C@@H]1CCCNC1. The average molecular weight is 342 g/mol. The Kier molecular flexibility index (Phi) is 4.19. The van der Waals surface area contributed by atoms with E-state index in [1.165, 1.54) is 12.3 Å². The number of anilines is 1. The molecule has 1 saturated heterocycles. The van der Waals surface area contributed by atoms with Crippen molar-refractivity contribution in [2.45, 2.75) is 18.9 Å². The Labute approximate surface area is 144 Å². The van der Waals surface area contributed by atoms with Crippen LogP contribution in [-0.4, -0.2) is 45.6 Å². The van der Waals surface area contributed by atoms with Crippen molar-refractivity contribution in [3.05, 3.63) is 36.5 Å². The third-order valence-electron chi connectivity index (χ3n) is 4.31. The average Bonchev–Trinajstić information content (AvgIpc) is 3.05. The van der Waals surface area contributed by atoms with Crippen molar-refractivity contribution in [1.29, 1.82) is 0 Å². The third-order valence-corrected chi connectivity index (χ3v) is 4.31. The first-order valence-electron chi connectivity index (χ1n) is 8.26. The first kappa shape index (κ1) is 15.8. The lowest BCUT2D eigenvalue weighted by molar-refractivity contribution is 0.410. The van der Waals surface area contributed by atoms with Gasteiger partial charge in [0.2, 0.25) is 0 Å². The van der Waals surface area contributed by atoms with Gasteiger partial charge in [-0.3, -0.25) is 4.40 Å². The zero-order chi connectivity index (χ0) is 17.2. The van der Waals surface area contributed by atoms with E-state index in [4.69, 9.17) is 4.74 Å². The molecule has 0 aromatic carbocycles. The number of nitrogens with one attached hydrogen (secondary N) is 2. The molecule has 25 heavy (non-hydrogen) atoms. The van der Waals surface area contributed by atoms with Gasteiger partial charge < -0.3 is 15.4 Å². The zero-order valence-electron chi connectivity index (χ0n) is 13.9. The highest BCUT2D eigenvalue weighted by Gasteiger charge is 2.18. The molecule has 2 N–H and O–H groups in total. The van der Waals surface area contributed by atoms with Crippen LogP contribution in [0.1, 0.15) is 12.8 Å². The van der Waals surface area contributed by atoms with Gasteiger partial charge in [-0.25, -0.2) is 19.3 Å². The van der Waals surface area contributed by atoms with Crippen LogP contribution < -0.4 is 15.4 Å². The molecule has 8 heteroatoms. The zero-order valence-corrected chi connectivity index (χ0v) is 13.9. The molecule has 1 aliphatic heterocycles. The molecule has 1 fully saturated rings. The van der Waals surface area contributed by atoms with Crippen molar-refractivity contribution in [3.63, 3.8) is 0 Å². The van der Waals surface area contributed by atoms with Crippen LogP contribution >= 0.6 is 0 Å². The standard InChI is InChI=1S/C17H19FN6O/c1-25-14-9-21-16(23-17(14)22-12-3-2-6-19-7-12)13-8-20-15-5-4-11(18)10-24(13)15/h4-5,8-10,12,19H,2-3,6-7H2,1H3,(H,21,22,23)/t12-/m1/s1. The van der Waals surface area contributed by atoms with Crippen LogP contribution in [0.4, 0.5) is 10.2 Å². The van der Waals surface area contributed by atoms with E-state index in [9.17, 15) is 4.39 Å². The summed E-state index contributed by atoms with van der Waals surface area (Å²) in [6.07, 6.45) is 6.83. The summed E-state index contributed by atoms with van der Waals surface area (Å²) in [5.41, 5.74) is 1.27. The fraction of sp³-hybridized carbons (Fsp3) is 0.353. The molecule has 130 valence electrons. The molecular formula is C17H19FN6O. The van der Waals surface area contributed by atoms with Crippen LogP contribution in [0.2, 0.25) is 0 Å². The number of methoxy groups -OCH3 is 1. The number of hydrogen-bond donors (Lipinski definition) is 2. The summed E-state index contributed by atoms with van der Waals surface area (Å²) in [7, 11) is 1.59. The number of piperidine rings is 1. The number of ether oxygens (including phenoxy) is 1. The number of hydrogen-bond acceptors (Lipinski definition) is 6. The molecule has 0 spiro atoms. The van der Waals surface area contributed by atoms with Crippen LogP contribution in [0.5, 0.6) is 5.75 Å². The summed E-state index contributed by atoms with van der Waals surface area (Å²) in [5.74, 6) is 1.33. The molecule has 0 unspecified atom stereocenters. The smallest absolute Gasteiger partial charge is 0.180 e. The van der Waals surface area contributed by atoms with E-state index >= 15 is 0 Å². The maximum Gasteiger partial charge on any atom is 0.180 e. The lowest BCUT2D eigenvalue weighted by Gasteiger charge is -2.25. The molecule has 0 bridgehead atoms. The molecule has 7 nitrogen and oxygen atoms in total. The van der Waals surface area contributed by atoms with Crippen LogP contribution in [0.3, 0.4) is 0 Å². The van der Waals surface area contributed by atoms with Crippen LogP contribution in [0.25, 0.3) is 17.2 Å². The van der Waals surface area contributed by atoms with Gasteiger partial charge in [-0.15, -0.1) is 0 Å². The first-order chi connectivity index (χ1) is 12.2. The van der Waals surface area contributed by atoms with E-state index in [2.05, 4.69) is 25.6 Å². The number of imidazole rings is 1. The summed E-state index contributed by atoms with van der Waals surface area (Å²) in [6.45, 7) is 1.92. The maximum absolute atomic E-state index is 13.6. The van der Waals surface area contributed by atoms with E-state index < -0.39 is 0 Å². The lowest BCUT2D eigenvalue weighted by atomic mass is 10.1. The second kappa shape index (κ2) is 6.64. The highest BCUT2D eigenvalue weighted by Crippen LogP contribution is 2.26. The lowest BCUT2D eigenvalue weighted by Crippen LogP contribution is -2.38. The molecule has 1 atom stereocenters. The second-order valence-corrected chi connectivity index (χ2v) is 6.02. The molecule has 4 rings (SSSR count). The molecule has 0 saturated carbocycles. The molecule has 0 amide bonds. The van der Waals surface area contributed by atoms with Gasteiger partial charge in [-0.2, -0.15) is 0 Å². The first-order valence-corrected chi connectivity index (χ1v) is 8.26. The molecule has 3 aromatic heterocycles. The maximum atomic E-state index is 13.6. The summed E-state index contributed by atoms with van der Waals surface area (Å²) >= 11 is 0. The fourth-order valence-electron chi connectivity index (χ4n) is 3.04. The highest BCUT2D eigenvalue weighted by molar-refractivity contribution is 5.61. The Morgan fingerprint density at radius 2 is 2.24 bits per heavy atom. The number of nitrogens with zero attached hydrogens (tertiary/aromatic N) is 4. The van der Waals surface area contributed by atoms with Gasteiger partial charge >= 0.3 is 0 Å². The second-order valence-electron chi connectivity index (χ2n) is 6.02. The fourth-order valence-corrected chi connectivity index (χ4v) is 3.04. The summed E-state index contributed by atoms with van der Waals surface area (Å²) < 4.78 is 20.6. The minimum atomic E-state index is -0.341. The van der Waals surface area contributed by atoms with Crippen LogP contribution in [0.15, 0.2) is 30.7 Å². The van der Waals surface area contributed by atoms with E-state index in [1.54, 1.807) is 30.0 Å². The number of fused-ring (bicyclic) bond motifs is 1. The third kappa shape index (κ3) is 3.12. The van der Waals surface area contributed by atoms with Crippen molar-refractivity contribution in [2.24, 2.45) is 0 Å². The van der Waals surface area contributed by atoms with Gasteiger partial charge in [-0.05, 0) is 31.5 Å². The van der Waals surface area contributed by atoms with E-state index in [0.29, 0.717) is 28.7 Å². The number of pyridine rings is 1. The Bertz CT molecular complexity index is 890. The van der Waals surface area contributed by atoms with Crippen molar-refractivity contribution in [1.82, 2.24) is 24.7 Å². The van der Waals surface area contributed by atoms with E-state index in [-0.39, 0.29) is 11.9 Å². The monoisotopic (exact) mass is 342 g/mol. The molecule has 4 heterocycles. The predicted molar refractivity (Wildman–Crippen MR) is 92.2 cm³/mol. The molecule has 1 aliphatic rings.